The zero-order chi connectivity index (χ0) is 26.1. The van der Waals surface area contributed by atoms with Crippen LogP contribution in [-0.2, 0) is 25.8 Å². The summed E-state index contributed by atoms with van der Waals surface area (Å²) in [5.41, 5.74) is 2.00. The van der Waals surface area contributed by atoms with E-state index in [9.17, 15) is 18.0 Å². The Kier molecular flexibility index (Phi) is 7.47. The van der Waals surface area contributed by atoms with Crippen LogP contribution < -0.4 is 10.2 Å². The van der Waals surface area contributed by atoms with Gasteiger partial charge >= 0.3 is 6.09 Å². The lowest BCUT2D eigenvalue weighted by Gasteiger charge is -2.25. The van der Waals surface area contributed by atoms with Gasteiger partial charge in [-0.15, -0.1) is 0 Å². The molecule has 36 heavy (non-hydrogen) atoms. The van der Waals surface area contributed by atoms with Crippen LogP contribution in [0.3, 0.4) is 0 Å². The topological polar surface area (TPSA) is 105 Å². The number of rotatable bonds is 5. The van der Waals surface area contributed by atoms with E-state index in [0.717, 1.165) is 16.8 Å². The van der Waals surface area contributed by atoms with E-state index in [1.54, 1.807) is 20.8 Å². The van der Waals surface area contributed by atoms with Gasteiger partial charge < -0.3 is 15.0 Å². The first kappa shape index (κ1) is 26.2. The number of hydrogen-bond donors (Lipinski definition) is 1. The molecule has 2 amide bonds. The molecule has 0 spiro atoms. The number of carbonyl (C=O) groups excluding carboxylic acids is 2. The maximum Gasteiger partial charge on any atom is 0.408 e. The molecule has 2 saturated heterocycles. The lowest BCUT2D eigenvalue weighted by atomic mass is 10.1. The van der Waals surface area contributed by atoms with Crippen LogP contribution in [0.2, 0.25) is 0 Å². The summed E-state index contributed by atoms with van der Waals surface area (Å²) in [5, 5.41) is 2.91. The van der Waals surface area contributed by atoms with Gasteiger partial charge in [-0.25, -0.2) is 13.2 Å². The minimum absolute atomic E-state index is 0.00928. The Bertz CT molecular complexity index is 1250. The molecule has 0 bridgehead atoms. The predicted molar refractivity (Wildman–Crippen MR) is 143 cm³/mol. The summed E-state index contributed by atoms with van der Waals surface area (Å²) in [6.07, 6.45) is -0.457. The number of aryl methyl sites for hydroxylation is 1. The van der Waals surface area contributed by atoms with Crippen molar-refractivity contribution in [1.82, 2.24) is 5.32 Å². The van der Waals surface area contributed by atoms with Crippen molar-refractivity contribution >= 4 is 44.5 Å². The molecular weight excluding hydrogens is 498 g/mol. The van der Waals surface area contributed by atoms with E-state index in [4.69, 9.17) is 4.74 Å². The number of amides is 2. The van der Waals surface area contributed by atoms with Crippen molar-refractivity contribution in [2.24, 2.45) is 4.99 Å². The molecule has 2 heterocycles. The third-order valence-electron chi connectivity index (χ3n) is 5.86. The molecule has 1 N–H and O–H groups in total. The van der Waals surface area contributed by atoms with Crippen LogP contribution in [-0.4, -0.2) is 60.0 Å². The summed E-state index contributed by atoms with van der Waals surface area (Å²) < 4.78 is 30.1. The first-order chi connectivity index (χ1) is 16.9. The number of aliphatic imine (C=N–C) groups is 1. The second-order valence-electron chi connectivity index (χ2n) is 10.1. The molecule has 8 nitrogen and oxygen atoms in total. The van der Waals surface area contributed by atoms with Crippen LogP contribution >= 0.6 is 11.8 Å². The van der Waals surface area contributed by atoms with Crippen LogP contribution in [0.1, 0.15) is 31.9 Å². The van der Waals surface area contributed by atoms with Crippen LogP contribution in [0.15, 0.2) is 59.6 Å². The van der Waals surface area contributed by atoms with Crippen LogP contribution in [0.5, 0.6) is 0 Å². The van der Waals surface area contributed by atoms with E-state index >= 15 is 0 Å². The van der Waals surface area contributed by atoms with Gasteiger partial charge in [0, 0.05) is 17.4 Å². The predicted octanol–water partition coefficient (Wildman–Crippen LogP) is 3.73. The number of amidine groups is 1. The number of hydrogen-bond acceptors (Lipinski definition) is 6. The van der Waals surface area contributed by atoms with Gasteiger partial charge in [0.25, 0.3) is 5.91 Å². The molecule has 2 aliphatic heterocycles. The Hall–Kier alpha value is -2.85. The summed E-state index contributed by atoms with van der Waals surface area (Å²) in [6, 6.07) is 15.8. The minimum atomic E-state index is -3.17. The van der Waals surface area contributed by atoms with Gasteiger partial charge in [0.2, 0.25) is 0 Å². The summed E-state index contributed by atoms with van der Waals surface area (Å²) in [5.74, 6) is -0.469. The molecule has 0 aliphatic carbocycles. The van der Waals surface area contributed by atoms with Gasteiger partial charge in [0.1, 0.15) is 11.6 Å². The zero-order valence-electron chi connectivity index (χ0n) is 20.8. The van der Waals surface area contributed by atoms with Gasteiger partial charge in [-0.2, -0.15) is 4.99 Å². The van der Waals surface area contributed by atoms with Crippen molar-refractivity contribution < 1.29 is 22.7 Å². The van der Waals surface area contributed by atoms with Gasteiger partial charge in [-0.1, -0.05) is 59.8 Å². The molecule has 2 aromatic carbocycles. The Labute approximate surface area is 216 Å². The standard InChI is InChI=1S/C26H31N3O5S2/c1-17-10-12-19(13-11-17)29-21-15-36(32,33)16-22(21)35-24(29)28-23(30)20(14-18-8-6-5-7-9-18)27-25(31)34-26(2,3)4/h5-13,20-22H,14-16H2,1-4H3,(H,27,31)/t20-,21-,22-/m1/s1. The van der Waals surface area contributed by atoms with Crippen LogP contribution in [0.4, 0.5) is 10.5 Å². The molecule has 10 heteroatoms. The summed E-state index contributed by atoms with van der Waals surface area (Å²) in [4.78, 5) is 32.3. The molecule has 2 aliphatic rings. The number of nitrogens with one attached hydrogen (secondary N) is 1. The molecule has 0 radical (unpaired) electrons. The number of fused-ring (bicyclic) bond motifs is 1. The van der Waals surface area contributed by atoms with E-state index in [0.29, 0.717) is 5.17 Å². The zero-order valence-corrected chi connectivity index (χ0v) is 22.4. The van der Waals surface area contributed by atoms with E-state index in [1.165, 1.54) is 11.8 Å². The highest BCUT2D eigenvalue weighted by Crippen LogP contribution is 2.41. The van der Waals surface area contributed by atoms with E-state index in [1.807, 2.05) is 66.4 Å². The fourth-order valence-electron chi connectivity index (χ4n) is 4.24. The average Bonchev–Trinajstić information content (AvgIpc) is 3.24. The third-order valence-corrected chi connectivity index (χ3v) is 9.07. The number of alkyl carbamates (subject to hydrolysis) is 1. The second-order valence-corrected chi connectivity index (χ2v) is 13.5. The molecule has 0 aromatic heterocycles. The lowest BCUT2D eigenvalue weighted by Crippen LogP contribution is -2.45. The number of thioether (sulfide) groups is 1. The highest BCUT2D eigenvalue weighted by molar-refractivity contribution is 8.16. The van der Waals surface area contributed by atoms with Crippen molar-refractivity contribution in [3.63, 3.8) is 0 Å². The van der Waals surface area contributed by atoms with Crippen LogP contribution in [0, 0.1) is 6.92 Å². The highest BCUT2D eigenvalue weighted by atomic mass is 32.2. The Morgan fingerprint density at radius 2 is 1.78 bits per heavy atom. The number of anilines is 1. The van der Waals surface area contributed by atoms with Crippen molar-refractivity contribution in [1.29, 1.82) is 0 Å². The fourth-order valence-corrected chi connectivity index (χ4v) is 8.16. The average molecular weight is 530 g/mol. The number of nitrogens with zero attached hydrogens (tertiary/aromatic N) is 2. The normalized spacial score (nSPS) is 22.8. The monoisotopic (exact) mass is 529 g/mol. The molecule has 0 unspecified atom stereocenters. The first-order valence-electron chi connectivity index (χ1n) is 11.8. The second kappa shape index (κ2) is 10.3. The Morgan fingerprint density at radius 1 is 1.11 bits per heavy atom. The summed E-state index contributed by atoms with van der Waals surface area (Å²) in [6.45, 7) is 7.23. The molecule has 3 atom stereocenters. The van der Waals surface area contributed by atoms with Gasteiger partial charge in [-0.05, 0) is 45.4 Å². The number of benzene rings is 2. The molecule has 2 aromatic rings. The highest BCUT2D eigenvalue weighted by Gasteiger charge is 2.49. The van der Waals surface area contributed by atoms with Crippen molar-refractivity contribution in [3.05, 3.63) is 65.7 Å². The van der Waals surface area contributed by atoms with Crippen molar-refractivity contribution in [3.8, 4) is 0 Å². The Morgan fingerprint density at radius 3 is 2.42 bits per heavy atom. The third kappa shape index (κ3) is 6.47. The smallest absolute Gasteiger partial charge is 0.408 e. The van der Waals surface area contributed by atoms with E-state index < -0.39 is 33.5 Å². The molecule has 2 fully saturated rings. The molecule has 0 saturated carbocycles. The minimum Gasteiger partial charge on any atom is -0.444 e. The maximum atomic E-state index is 13.5. The number of carbonyl (C=O) groups is 2. The molecular formula is C26H31N3O5S2. The largest absolute Gasteiger partial charge is 0.444 e. The molecule has 4 rings (SSSR count). The van der Waals surface area contributed by atoms with Gasteiger partial charge in [0.15, 0.2) is 15.0 Å². The van der Waals surface area contributed by atoms with Crippen LogP contribution in [0.25, 0.3) is 0 Å². The van der Waals surface area contributed by atoms with Crippen molar-refractivity contribution in [2.75, 3.05) is 16.4 Å². The first-order valence-corrected chi connectivity index (χ1v) is 14.5. The van der Waals surface area contributed by atoms with Gasteiger partial charge in [-0.3, -0.25) is 4.79 Å². The van der Waals surface area contributed by atoms with E-state index in [2.05, 4.69) is 10.3 Å². The van der Waals surface area contributed by atoms with Crippen molar-refractivity contribution in [2.45, 2.75) is 57.1 Å². The number of ether oxygens (including phenoxy) is 1. The maximum absolute atomic E-state index is 13.5. The fraction of sp³-hybridized carbons (Fsp3) is 0.423. The van der Waals surface area contributed by atoms with Gasteiger partial charge in [0.05, 0.1) is 17.5 Å². The summed E-state index contributed by atoms with van der Waals surface area (Å²) in [7, 11) is -3.17. The number of sulfone groups is 1. The molecule has 192 valence electrons. The summed E-state index contributed by atoms with van der Waals surface area (Å²) >= 11 is 1.30. The SMILES string of the molecule is Cc1ccc(N2C(=NC(=O)[C@@H](Cc3ccccc3)NC(=O)OC(C)(C)C)S[C@@H]3CS(=O)(=O)C[C@H]32)cc1. The quantitative estimate of drug-likeness (QED) is 0.629. The van der Waals surface area contributed by atoms with E-state index in [-0.39, 0.29) is 29.2 Å². The lowest BCUT2D eigenvalue weighted by molar-refractivity contribution is -0.119. The Balaban J connectivity index is 1.64.